The minimum absolute atomic E-state index is 0.272. The molecule has 0 saturated carbocycles. The van der Waals surface area contributed by atoms with Gasteiger partial charge in [0.15, 0.2) is 0 Å². The molecule has 2 rings (SSSR count). The fourth-order valence-corrected chi connectivity index (χ4v) is 4.00. The third-order valence-corrected chi connectivity index (χ3v) is 5.64. The van der Waals surface area contributed by atoms with Crippen molar-refractivity contribution in [3.8, 4) is 0 Å². The summed E-state index contributed by atoms with van der Waals surface area (Å²) in [6.07, 6.45) is 6.37. The third kappa shape index (κ3) is 4.06. The van der Waals surface area contributed by atoms with Crippen molar-refractivity contribution < 1.29 is 8.42 Å². The van der Waals surface area contributed by atoms with Crippen LogP contribution in [0.4, 0.5) is 0 Å². The molecule has 19 heavy (non-hydrogen) atoms. The lowest BCUT2D eigenvalue weighted by Crippen LogP contribution is -2.45. The Morgan fingerprint density at radius 3 is 2.74 bits per heavy atom. The number of nitrogens with zero attached hydrogens (tertiary/aromatic N) is 1. The van der Waals surface area contributed by atoms with Crippen LogP contribution in [0, 0.1) is 0 Å². The summed E-state index contributed by atoms with van der Waals surface area (Å²) in [4.78, 5) is 3.03. The molecule has 1 aliphatic rings. The number of H-pyrrole nitrogens is 1. The first-order valence-corrected chi connectivity index (χ1v) is 8.55. The summed E-state index contributed by atoms with van der Waals surface area (Å²) < 4.78 is 25.5. The predicted octanol–water partition coefficient (Wildman–Crippen LogP) is 1.31. The van der Waals surface area contributed by atoms with Crippen LogP contribution in [-0.2, 0) is 16.6 Å². The average Bonchev–Trinajstić information content (AvgIpc) is 2.90. The first kappa shape index (κ1) is 14.6. The quantitative estimate of drug-likeness (QED) is 0.828. The zero-order chi connectivity index (χ0) is 13.7. The Balaban J connectivity index is 1.76. The van der Waals surface area contributed by atoms with Gasteiger partial charge in [0.25, 0.3) is 0 Å². The monoisotopic (exact) mass is 285 g/mol. The normalized spacial score (nSPS) is 18.8. The third-order valence-electron chi connectivity index (χ3n) is 3.57. The lowest BCUT2D eigenvalue weighted by atomic mass is 10.1. The molecule has 0 atom stereocenters. The molecule has 108 valence electrons. The van der Waals surface area contributed by atoms with Gasteiger partial charge in [-0.15, -0.1) is 0 Å². The zero-order valence-corrected chi connectivity index (χ0v) is 12.2. The molecule has 0 aliphatic carbocycles. The molecule has 1 aromatic heterocycles. The van der Waals surface area contributed by atoms with E-state index in [1.54, 1.807) is 4.31 Å². The fourth-order valence-electron chi connectivity index (χ4n) is 2.46. The molecule has 0 amide bonds. The SMILES string of the molecule is CCCS(=O)(=O)N1CCC(NCc2cc[nH]c2)CC1. The van der Waals surface area contributed by atoms with E-state index in [1.165, 1.54) is 5.56 Å². The van der Waals surface area contributed by atoms with E-state index in [-0.39, 0.29) is 5.75 Å². The molecular weight excluding hydrogens is 262 g/mol. The topological polar surface area (TPSA) is 65.2 Å². The molecule has 1 aliphatic heterocycles. The van der Waals surface area contributed by atoms with Crippen LogP contribution in [0.1, 0.15) is 31.7 Å². The number of rotatable bonds is 6. The Labute approximate surface area is 115 Å². The van der Waals surface area contributed by atoms with Gasteiger partial charge in [-0.2, -0.15) is 0 Å². The molecule has 0 bridgehead atoms. The van der Waals surface area contributed by atoms with Crippen LogP contribution in [0.15, 0.2) is 18.5 Å². The van der Waals surface area contributed by atoms with Crippen molar-refractivity contribution in [2.75, 3.05) is 18.8 Å². The predicted molar refractivity (Wildman–Crippen MR) is 76.3 cm³/mol. The summed E-state index contributed by atoms with van der Waals surface area (Å²) in [6.45, 7) is 4.04. The zero-order valence-electron chi connectivity index (χ0n) is 11.4. The number of nitrogens with one attached hydrogen (secondary N) is 2. The van der Waals surface area contributed by atoms with Crippen molar-refractivity contribution in [3.05, 3.63) is 24.0 Å². The fraction of sp³-hybridized carbons (Fsp3) is 0.692. The maximum Gasteiger partial charge on any atom is 0.214 e. The first-order chi connectivity index (χ1) is 9.12. The molecule has 5 nitrogen and oxygen atoms in total. The molecule has 2 N–H and O–H groups in total. The molecular formula is C13H23N3O2S. The Morgan fingerprint density at radius 1 is 1.42 bits per heavy atom. The van der Waals surface area contributed by atoms with Crippen molar-refractivity contribution in [1.82, 2.24) is 14.6 Å². The number of hydrogen-bond acceptors (Lipinski definition) is 3. The van der Waals surface area contributed by atoms with Crippen molar-refractivity contribution in [1.29, 1.82) is 0 Å². The number of aromatic nitrogens is 1. The van der Waals surface area contributed by atoms with Crippen molar-refractivity contribution in [2.24, 2.45) is 0 Å². The summed E-state index contributed by atoms with van der Waals surface area (Å²) in [5.41, 5.74) is 1.24. The van der Waals surface area contributed by atoms with Gasteiger partial charge in [0.1, 0.15) is 0 Å². The lowest BCUT2D eigenvalue weighted by Gasteiger charge is -2.31. The summed E-state index contributed by atoms with van der Waals surface area (Å²) in [5, 5.41) is 3.49. The van der Waals surface area contributed by atoms with Gasteiger partial charge in [-0.3, -0.25) is 0 Å². The molecule has 1 aromatic rings. The highest BCUT2D eigenvalue weighted by atomic mass is 32.2. The van der Waals surface area contributed by atoms with Crippen molar-refractivity contribution in [3.63, 3.8) is 0 Å². The highest BCUT2D eigenvalue weighted by Crippen LogP contribution is 2.15. The van der Waals surface area contributed by atoms with Gasteiger partial charge < -0.3 is 10.3 Å². The van der Waals surface area contributed by atoms with E-state index in [9.17, 15) is 8.42 Å². The second-order valence-corrected chi connectivity index (χ2v) is 7.18. The van der Waals surface area contributed by atoms with Gasteiger partial charge >= 0.3 is 0 Å². The molecule has 2 heterocycles. The number of aromatic amines is 1. The highest BCUT2D eigenvalue weighted by Gasteiger charge is 2.26. The van der Waals surface area contributed by atoms with E-state index in [2.05, 4.69) is 10.3 Å². The molecule has 0 radical (unpaired) electrons. The maximum atomic E-state index is 11.9. The Kier molecular flexibility index (Phi) is 5.01. The minimum atomic E-state index is -3.01. The van der Waals surface area contributed by atoms with Crippen molar-refractivity contribution >= 4 is 10.0 Å². The van der Waals surface area contributed by atoms with Crippen LogP contribution >= 0.6 is 0 Å². The van der Waals surface area contributed by atoms with Crippen molar-refractivity contribution in [2.45, 2.75) is 38.8 Å². The van der Waals surface area contributed by atoms with Crippen LogP contribution in [0.25, 0.3) is 0 Å². The second kappa shape index (κ2) is 6.54. The minimum Gasteiger partial charge on any atom is -0.367 e. The van der Waals surface area contributed by atoms with Gasteiger partial charge in [-0.25, -0.2) is 12.7 Å². The number of hydrogen-bond donors (Lipinski definition) is 2. The van der Waals surface area contributed by atoms with E-state index in [1.807, 2.05) is 25.4 Å². The Hall–Kier alpha value is -0.850. The first-order valence-electron chi connectivity index (χ1n) is 6.94. The van der Waals surface area contributed by atoms with Gasteiger partial charge in [0, 0.05) is 38.1 Å². The van der Waals surface area contributed by atoms with Gasteiger partial charge in [0.2, 0.25) is 10.0 Å². The summed E-state index contributed by atoms with van der Waals surface area (Å²) in [7, 11) is -3.01. The largest absolute Gasteiger partial charge is 0.367 e. The summed E-state index contributed by atoms with van der Waals surface area (Å²) >= 11 is 0. The van der Waals surface area contributed by atoms with E-state index in [0.29, 0.717) is 25.6 Å². The summed E-state index contributed by atoms with van der Waals surface area (Å²) in [5.74, 6) is 0.272. The Bertz CT molecular complexity index is 462. The van der Waals surface area contributed by atoms with Gasteiger partial charge in [-0.1, -0.05) is 6.92 Å². The highest BCUT2D eigenvalue weighted by molar-refractivity contribution is 7.89. The van der Waals surface area contributed by atoms with E-state index in [4.69, 9.17) is 0 Å². The Morgan fingerprint density at radius 2 is 2.16 bits per heavy atom. The average molecular weight is 285 g/mol. The molecule has 0 unspecified atom stereocenters. The standard InChI is InChI=1S/C13H23N3O2S/c1-2-9-19(17,18)16-7-4-13(5-8-16)15-11-12-3-6-14-10-12/h3,6,10,13-15H,2,4-5,7-9,11H2,1H3. The van der Waals surface area contributed by atoms with Crippen LogP contribution in [0.3, 0.4) is 0 Å². The maximum absolute atomic E-state index is 11.9. The lowest BCUT2D eigenvalue weighted by molar-refractivity contribution is 0.288. The number of sulfonamides is 1. The van der Waals surface area contributed by atoms with Gasteiger partial charge in [-0.05, 0) is 30.9 Å². The molecule has 1 saturated heterocycles. The number of piperidine rings is 1. The van der Waals surface area contributed by atoms with Crippen LogP contribution in [0.5, 0.6) is 0 Å². The van der Waals surface area contributed by atoms with E-state index < -0.39 is 10.0 Å². The summed E-state index contributed by atoms with van der Waals surface area (Å²) in [6, 6.07) is 2.47. The van der Waals surface area contributed by atoms with Crippen LogP contribution in [-0.4, -0.2) is 42.6 Å². The van der Waals surface area contributed by atoms with E-state index >= 15 is 0 Å². The molecule has 1 fully saturated rings. The van der Waals surface area contributed by atoms with E-state index in [0.717, 1.165) is 19.4 Å². The van der Waals surface area contributed by atoms with Crippen LogP contribution in [0.2, 0.25) is 0 Å². The smallest absolute Gasteiger partial charge is 0.214 e. The second-order valence-electron chi connectivity index (χ2n) is 5.09. The molecule has 0 aromatic carbocycles. The molecule has 6 heteroatoms. The van der Waals surface area contributed by atoms with Gasteiger partial charge in [0.05, 0.1) is 5.75 Å². The molecule has 0 spiro atoms. The van der Waals surface area contributed by atoms with Crippen LogP contribution < -0.4 is 5.32 Å².